The van der Waals surface area contributed by atoms with Gasteiger partial charge in [0.15, 0.2) is 0 Å². The lowest BCUT2D eigenvalue weighted by molar-refractivity contribution is -0.146. The molecule has 0 amide bonds. The van der Waals surface area contributed by atoms with Crippen LogP contribution in [0, 0.1) is 0 Å². The summed E-state index contributed by atoms with van der Waals surface area (Å²) < 4.78 is 28.0. The molecule has 0 aromatic heterocycles. The lowest BCUT2D eigenvalue weighted by Crippen LogP contribution is -2.50. The third kappa shape index (κ3) is 2.47. The zero-order valence-corrected chi connectivity index (χ0v) is 12.5. The number of carbonyl (C=O) groups is 1. The highest BCUT2D eigenvalue weighted by Crippen LogP contribution is 2.65. The summed E-state index contributed by atoms with van der Waals surface area (Å²) in [7, 11) is -2.58. The van der Waals surface area contributed by atoms with Gasteiger partial charge >= 0.3 is 13.6 Å². The molecule has 0 saturated carbocycles. The average Bonchev–Trinajstić information content (AvgIpc) is 2.72. The molecule has 106 valence electrons. The van der Waals surface area contributed by atoms with Crippen molar-refractivity contribution >= 4 is 25.3 Å². The van der Waals surface area contributed by atoms with Crippen molar-refractivity contribution in [3.63, 3.8) is 0 Å². The molecule has 1 saturated heterocycles. The highest BCUT2D eigenvalue weighted by Gasteiger charge is 2.65. The Morgan fingerprint density at radius 2 is 2.00 bits per heavy atom. The Bertz CT molecular complexity index is 339. The normalized spacial score (nSPS) is 28.3. The van der Waals surface area contributed by atoms with Gasteiger partial charge in [-0.25, -0.2) is 0 Å². The van der Waals surface area contributed by atoms with Crippen LogP contribution >= 0.6 is 19.4 Å². The maximum Gasteiger partial charge on any atom is 0.351 e. The van der Waals surface area contributed by atoms with Crippen molar-refractivity contribution in [2.24, 2.45) is 0 Å². The molecule has 1 N–H and O–H groups in total. The molecule has 1 aliphatic rings. The molecule has 1 fully saturated rings. The van der Waals surface area contributed by atoms with E-state index >= 15 is 0 Å². The van der Waals surface area contributed by atoms with E-state index in [-0.39, 0.29) is 19.0 Å². The van der Waals surface area contributed by atoms with Crippen LogP contribution in [0.25, 0.3) is 0 Å². The first kappa shape index (κ1) is 16.0. The van der Waals surface area contributed by atoms with E-state index in [2.05, 4.69) is 0 Å². The summed E-state index contributed by atoms with van der Waals surface area (Å²) in [6, 6.07) is 0. The number of rotatable bonds is 6. The van der Waals surface area contributed by atoms with Crippen LogP contribution in [0.4, 0.5) is 0 Å². The van der Waals surface area contributed by atoms with Crippen LogP contribution in [0.1, 0.15) is 13.8 Å². The number of carbonyl (C=O) groups excluding carboxylic acids is 1. The Labute approximate surface area is 111 Å². The summed E-state index contributed by atoms with van der Waals surface area (Å²) in [6.45, 7) is 3.58. The SMILES string of the molecule is CCOP(=O)(OCC)C1(C(=O)OC)CSCC1O. The van der Waals surface area contributed by atoms with Crippen LogP contribution in [0.15, 0.2) is 0 Å². The molecule has 6 nitrogen and oxygen atoms in total. The van der Waals surface area contributed by atoms with Crippen LogP contribution in [-0.4, -0.2) is 54.2 Å². The first-order valence-electron chi connectivity index (χ1n) is 5.72. The predicted molar refractivity (Wildman–Crippen MR) is 68.9 cm³/mol. The third-order valence-electron chi connectivity index (χ3n) is 2.77. The van der Waals surface area contributed by atoms with Crippen LogP contribution in [-0.2, 0) is 23.1 Å². The average molecular weight is 298 g/mol. The number of hydrogen-bond acceptors (Lipinski definition) is 7. The largest absolute Gasteiger partial charge is 0.468 e. The lowest BCUT2D eigenvalue weighted by Gasteiger charge is -2.34. The van der Waals surface area contributed by atoms with Gasteiger partial charge in [-0.2, -0.15) is 11.8 Å². The van der Waals surface area contributed by atoms with Gasteiger partial charge < -0.3 is 18.9 Å². The summed E-state index contributed by atoms with van der Waals surface area (Å²) in [5.41, 5.74) is 0. The number of thioether (sulfide) groups is 1. The summed E-state index contributed by atoms with van der Waals surface area (Å²) in [5.74, 6) is -0.276. The van der Waals surface area contributed by atoms with Crippen LogP contribution < -0.4 is 0 Å². The fourth-order valence-corrected chi connectivity index (χ4v) is 6.18. The van der Waals surface area contributed by atoms with Gasteiger partial charge in [0.25, 0.3) is 0 Å². The predicted octanol–water partition coefficient (Wildman–Crippen LogP) is 1.27. The Morgan fingerprint density at radius 1 is 1.44 bits per heavy atom. The number of ether oxygens (including phenoxy) is 1. The van der Waals surface area contributed by atoms with Crippen molar-refractivity contribution < 1.29 is 28.3 Å². The number of aliphatic hydroxyl groups is 1. The fraction of sp³-hybridized carbons (Fsp3) is 0.900. The Balaban J connectivity index is 3.23. The molecular formula is C10H19O6PS. The molecule has 0 radical (unpaired) electrons. The molecule has 0 bridgehead atoms. The molecule has 0 aliphatic carbocycles. The number of methoxy groups -OCH3 is 1. The van der Waals surface area contributed by atoms with Crippen molar-refractivity contribution in [1.82, 2.24) is 0 Å². The molecular weight excluding hydrogens is 279 g/mol. The number of aliphatic hydroxyl groups excluding tert-OH is 1. The fourth-order valence-electron chi connectivity index (χ4n) is 1.91. The Hall–Kier alpha value is -0.0700. The van der Waals surface area contributed by atoms with E-state index in [1.807, 2.05) is 0 Å². The van der Waals surface area contributed by atoms with Crippen molar-refractivity contribution in [2.75, 3.05) is 31.8 Å². The quantitative estimate of drug-likeness (QED) is 0.584. The van der Waals surface area contributed by atoms with Gasteiger partial charge in [0, 0.05) is 11.5 Å². The standard InChI is InChI=1S/C10H19O6PS/c1-4-15-17(13,16-5-2)10(9(12)14-3)7-18-6-8(10)11/h8,11H,4-7H2,1-3H3. The van der Waals surface area contributed by atoms with Gasteiger partial charge in [-0.15, -0.1) is 0 Å². The van der Waals surface area contributed by atoms with Crippen LogP contribution in [0.3, 0.4) is 0 Å². The molecule has 2 unspecified atom stereocenters. The second-order valence-corrected chi connectivity index (χ2v) is 7.12. The van der Waals surface area contributed by atoms with Gasteiger partial charge in [-0.3, -0.25) is 9.36 Å². The maximum absolute atomic E-state index is 12.8. The van der Waals surface area contributed by atoms with Crippen molar-refractivity contribution in [3.8, 4) is 0 Å². The minimum Gasteiger partial charge on any atom is -0.468 e. The van der Waals surface area contributed by atoms with E-state index in [0.717, 1.165) is 0 Å². The van der Waals surface area contributed by atoms with E-state index < -0.39 is 24.8 Å². The molecule has 0 aromatic rings. The molecule has 8 heteroatoms. The second-order valence-electron chi connectivity index (χ2n) is 3.78. The molecule has 0 aromatic carbocycles. The smallest absolute Gasteiger partial charge is 0.351 e. The number of hydrogen-bond donors (Lipinski definition) is 1. The van der Waals surface area contributed by atoms with Crippen molar-refractivity contribution in [3.05, 3.63) is 0 Å². The Morgan fingerprint density at radius 3 is 2.33 bits per heavy atom. The van der Waals surface area contributed by atoms with Gasteiger partial charge in [0.1, 0.15) is 0 Å². The Kier molecular flexibility index (Phi) is 5.67. The summed E-state index contributed by atoms with van der Waals surface area (Å²) in [5, 5.41) is 8.46. The van der Waals surface area contributed by atoms with E-state index in [0.29, 0.717) is 5.75 Å². The molecule has 18 heavy (non-hydrogen) atoms. The topological polar surface area (TPSA) is 82.1 Å². The second kappa shape index (κ2) is 6.39. The summed E-state index contributed by atoms with van der Waals surface area (Å²) in [6.07, 6.45) is -1.10. The van der Waals surface area contributed by atoms with Crippen LogP contribution in [0.2, 0.25) is 0 Å². The third-order valence-corrected chi connectivity index (χ3v) is 7.01. The molecule has 1 rings (SSSR count). The monoisotopic (exact) mass is 298 g/mol. The van der Waals surface area contributed by atoms with E-state index in [9.17, 15) is 14.5 Å². The minimum absolute atomic E-state index is 0.132. The molecule has 0 spiro atoms. The first-order valence-corrected chi connectivity index (χ1v) is 8.41. The van der Waals surface area contributed by atoms with Crippen molar-refractivity contribution in [2.45, 2.75) is 25.1 Å². The highest BCUT2D eigenvalue weighted by molar-refractivity contribution is 8.00. The molecule has 1 heterocycles. The van der Waals surface area contributed by atoms with E-state index in [1.54, 1.807) is 13.8 Å². The van der Waals surface area contributed by atoms with Crippen LogP contribution in [0.5, 0.6) is 0 Å². The highest BCUT2D eigenvalue weighted by atomic mass is 32.2. The zero-order valence-electron chi connectivity index (χ0n) is 10.7. The minimum atomic E-state index is -3.77. The van der Waals surface area contributed by atoms with E-state index in [1.165, 1.54) is 18.9 Å². The van der Waals surface area contributed by atoms with Crippen molar-refractivity contribution in [1.29, 1.82) is 0 Å². The maximum atomic E-state index is 12.8. The molecule has 2 atom stereocenters. The van der Waals surface area contributed by atoms with Gasteiger partial charge in [-0.1, -0.05) is 0 Å². The van der Waals surface area contributed by atoms with Gasteiger partial charge in [-0.05, 0) is 13.8 Å². The summed E-state index contributed by atoms with van der Waals surface area (Å²) >= 11 is 1.33. The summed E-state index contributed by atoms with van der Waals surface area (Å²) in [4.78, 5) is 12.0. The zero-order chi connectivity index (χ0) is 13.8. The van der Waals surface area contributed by atoms with E-state index in [4.69, 9.17) is 13.8 Å². The number of esters is 1. The van der Waals surface area contributed by atoms with Gasteiger partial charge in [0.2, 0.25) is 5.16 Å². The van der Waals surface area contributed by atoms with Gasteiger partial charge in [0.05, 0.1) is 26.4 Å². The lowest BCUT2D eigenvalue weighted by atomic mass is 10.1. The molecule has 1 aliphatic heterocycles. The first-order chi connectivity index (χ1) is 8.48.